The molecule has 3 rings (SSSR count). The van der Waals surface area contributed by atoms with E-state index in [1.54, 1.807) is 0 Å². The first-order chi connectivity index (χ1) is 9.13. The lowest BCUT2D eigenvalue weighted by Gasteiger charge is -2.37. The van der Waals surface area contributed by atoms with Crippen LogP contribution in [0.5, 0.6) is 0 Å². The fraction of sp³-hybridized carbons (Fsp3) is 0.714. The number of nitrogens with one attached hydrogen (secondary N) is 2. The Bertz CT molecular complexity index is 500. The monoisotopic (exact) mass is 262 g/mol. The van der Waals surface area contributed by atoms with Crippen molar-refractivity contribution in [2.45, 2.75) is 64.5 Å². The Balaban J connectivity index is 2.02. The summed E-state index contributed by atoms with van der Waals surface area (Å²) in [6.07, 6.45) is 6.42. The molecule has 2 N–H and O–H groups in total. The lowest BCUT2D eigenvalue weighted by molar-refractivity contribution is -0.117. The van der Waals surface area contributed by atoms with Crippen LogP contribution in [0.15, 0.2) is 0 Å². The van der Waals surface area contributed by atoms with Crippen LogP contribution in [-0.4, -0.2) is 21.2 Å². The summed E-state index contributed by atoms with van der Waals surface area (Å²) < 4.78 is 1.96. The third-order valence-electron chi connectivity index (χ3n) is 4.38. The lowest BCUT2D eigenvalue weighted by Crippen LogP contribution is -2.42. The van der Waals surface area contributed by atoms with Crippen molar-refractivity contribution in [1.82, 2.24) is 9.78 Å². The average Bonchev–Trinajstić information content (AvgIpc) is 2.59. The topological polar surface area (TPSA) is 59.0 Å². The maximum Gasteiger partial charge on any atom is 0.226 e. The van der Waals surface area contributed by atoms with Crippen LogP contribution >= 0.6 is 0 Å². The molecule has 1 amide bonds. The fourth-order valence-corrected chi connectivity index (χ4v) is 3.40. The highest BCUT2D eigenvalue weighted by atomic mass is 16.1. The minimum Gasteiger partial charge on any atom is -0.363 e. The van der Waals surface area contributed by atoms with E-state index in [4.69, 9.17) is 0 Å². The van der Waals surface area contributed by atoms with E-state index in [2.05, 4.69) is 22.7 Å². The second kappa shape index (κ2) is 4.54. The minimum absolute atomic E-state index is 0.0625. The molecule has 1 aromatic heterocycles. The van der Waals surface area contributed by atoms with Crippen LogP contribution in [0.1, 0.15) is 51.1 Å². The number of anilines is 2. The molecule has 0 atom stereocenters. The van der Waals surface area contributed by atoms with Crippen LogP contribution in [0.3, 0.4) is 0 Å². The molecule has 0 radical (unpaired) electrons. The molecule has 5 heteroatoms. The van der Waals surface area contributed by atoms with Crippen molar-refractivity contribution >= 4 is 17.4 Å². The van der Waals surface area contributed by atoms with Crippen molar-refractivity contribution < 1.29 is 4.79 Å². The largest absolute Gasteiger partial charge is 0.363 e. The summed E-state index contributed by atoms with van der Waals surface area (Å²) in [4.78, 5) is 12.2. The molecule has 2 aliphatic rings. The molecule has 5 nitrogen and oxygen atoms in total. The van der Waals surface area contributed by atoms with E-state index in [9.17, 15) is 4.79 Å². The molecule has 1 aliphatic heterocycles. The third kappa shape index (κ3) is 2.11. The number of fused-ring (bicyclic) bond motifs is 1. The number of aryl methyl sites for hydroxylation is 2. The molecular weight excluding hydrogens is 240 g/mol. The first kappa shape index (κ1) is 12.5. The molecule has 19 heavy (non-hydrogen) atoms. The van der Waals surface area contributed by atoms with Gasteiger partial charge in [0.1, 0.15) is 11.5 Å². The van der Waals surface area contributed by atoms with Gasteiger partial charge in [-0.1, -0.05) is 19.3 Å². The second-order valence-corrected chi connectivity index (χ2v) is 5.82. The summed E-state index contributed by atoms with van der Waals surface area (Å²) in [5, 5.41) is 11.2. The van der Waals surface area contributed by atoms with Crippen molar-refractivity contribution in [1.29, 1.82) is 0 Å². The summed E-state index contributed by atoms with van der Waals surface area (Å²) >= 11 is 0. The second-order valence-electron chi connectivity index (χ2n) is 5.82. The van der Waals surface area contributed by atoms with Crippen molar-refractivity contribution in [3.05, 3.63) is 5.69 Å². The van der Waals surface area contributed by atoms with Gasteiger partial charge in [0, 0.05) is 18.5 Å². The van der Waals surface area contributed by atoms with Crippen LogP contribution in [-0.2, 0) is 11.3 Å². The van der Waals surface area contributed by atoms with Crippen molar-refractivity contribution in [3.8, 4) is 0 Å². The smallest absolute Gasteiger partial charge is 0.226 e. The highest BCUT2D eigenvalue weighted by Gasteiger charge is 2.38. The summed E-state index contributed by atoms with van der Waals surface area (Å²) in [5.74, 6) is 1.11. The highest BCUT2D eigenvalue weighted by molar-refractivity contribution is 5.97. The van der Waals surface area contributed by atoms with Crippen LogP contribution in [0.4, 0.5) is 11.5 Å². The number of hydrogen-bond acceptors (Lipinski definition) is 3. The van der Waals surface area contributed by atoms with Crippen LogP contribution < -0.4 is 10.6 Å². The predicted molar refractivity (Wildman–Crippen MR) is 75.3 cm³/mol. The summed E-state index contributed by atoms with van der Waals surface area (Å²) in [5.41, 5.74) is 1.70. The quantitative estimate of drug-likeness (QED) is 0.818. The van der Waals surface area contributed by atoms with E-state index in [1.165, 1.54) is 19.3 Å². The van der Waals surface area contributed by atoms with Crippen molar-refractivity contribution in [3.63, 3.8) is 0 Å². The molecule has 2 heterocycles. The number of hydrogen-bond donors (Lipinski definition) is 2. The van der Waals surface area contributed by atoms with Crippen molar-refractivity contribution in [2.75, 3.05) is 10.6 Å². The molecule has 0 unspecified atom stereocenters. The van der Waals surface area contributed by atoms with Gasteiger partial charge in [-0.05, 0) is 26.7 Å². The Hall–Kier alpha value is -1.52. The van der Waals surface area contributed by atoms with Gasteiger partial charge in [0.15, 0.2) is 0 Å². The highest BCUT2D eigenvalue weighted by Crippen LogP contribution is 2.40. The zero-order valence-corrected chi connectivity index (χ0v) is 11.8. The zero-order chi connectivity index (χ0) is 13.5. The Morgan fingerprint density at radius 2 is 2.05 bits per heavy atom. The number of carbonyl (C=O) groups is 1. The number of carbonyl (C=O) groups excluding carboxylic acids is 1. The van der Waals surface area contributed by atoms with Gasteiger partial charge in [-0.15, -0.1) is 0 Å². The van der Waals surface area contributed by atoms with Crippen LogP contribution in [0.2, 0.25) is 0 Å². The van der Waals surface area contributed by atoms with Gasteiger partial charge in [-0.2, -0.15) is 5.10 Å². The lowest BCUT2D eigenvalue weighted by atomic mass is 9.79. The third-order valence-corrected chi connectivity index (χ3v) is 4.38. The van der Waals surface area contributed by atoms with E-state index in [0.717, 1.165) is 36.6 Å². The van der Waals surface area contributed by atoms with Gasteiger partial charge in [0.25, 0.3) is 0 Å². The minimum atomic E-state index is -0.0625. The molecular formula is C14H22N4O. The molecule has 1 aromatic rings. The zero-order valence-electron chi connectivity index (χ0n) is 11.8. The number of rotatable bonds is 1. The maximum absolute atomic E-state index is 12.2. The Labute approximate surface area is 113 Å². The normalized spacial score (nSPS) is 21.5. The molecule has 1 spiro atoms. The molecule has 0 bridgehead atoms. The van der Waals surface area contributed by atoms with E-state index < -0.39 is 0 Å². The number of amides is 1. The Morgan fingerprint density at radius 3 is 2.74 bits per heavy atom. The summed E-state index contributed by atoms with van der Waals surface area (Å²) in [7, 11) is 0. The summed E-state index contributed by atoms with van der Waals surface area (Å²) in [6.45, 7) is 4.84. The van der Waals surface area contributed by atoms with Crippen LogP contribution in [0, 0.1) is 6.92 Å². The number of nitrogens with zero attached hydrogens (tertiary/aromatic N) is 2. The molecule has 0 saturated heterocycles. The summed E-state index contributed by atoms with van der Waals surface area (Å²) in [6, 6.07) is 0. The van der Waals surface area contributed by atoms with Gasteiger partial charge in [-0.3, -0.25) is 4.79 Å². The van der Waals surface area contributed by atoms with Crippen molar-refractivity contribution in [2.24, 2.45) is 0 Å². The molecule has 1 saturated carbocycles. The van der Waals surface area contributed by atoms with Gasteiger partial charge in [-0.25, -0.2) is 4.68 Å². The standard InChI is InChI=1S/C14H22N4O/c1-3-18-13-12(10(2)17-18)15-11(19)9-14(16-13)7-5-4-6-8-14/h16H,3-9H2,1-2H3,(H,15,19). The molecule has 1 fully saturated rings. The van der Waals surface area contributed by atoms with E-state index >= 15 is 0 Å². The SMILES string of the molecule is CCn1nc(C)c2c1NC1(CCCCC1)CC(=O)N2. The van der Waals surface area contributed by atoms with Gasteiger partial charge >= 0.3 is 0 Å². The van der Waals surface area contributed by atoms with E-state index in [1.807, 2.05) is 11.6 Å². The van der Waals surface area contributed by atoms with Gasteiger partial charge in [0.2, 0.25) is 5.91 Å². The maximum atomic E-state index is 12.2. The van der Waals surface area contributed by atoms with Gasteiger partial charge < -0.3 is 10.6 Å². The predicted octanol–water partition coefficient (Wildman–Crippen LogP) is 2.67. The first-order valence-electron chi connectivity index (χ1n) is 7.29. The molecule has 0 aromatic carbocycles. The Kier molecular flexibility index (Phi) is 2.99. The Morgan fingerprint density at radius 1 is 1.32 bits per heavy atom. The van der Waals surface area contributed by atoms with Gasteiger partial charge in [0.05, 0.1) is 5.69 Å². The van der Waals surface area contributed by atoms with Crippen LogP contribution in [0.25, 0.3) is 0 Å². The number of aromatic nitrogens is 2. The average molecular weight is 262 g/mol. The fourth-order valence-electron chi connectivity index (χ4n) is 3.40. The first-order valence-corrected chi connectivity index (χ1v) is 7.29. The van der Waals surface area contributed by atoms with E-state index in [-0.39, 0.29) is 11.4 Å². The molecule has 104 valence electrons. The molecule has 1 aliphatic carbocycles. The van der Waals surface area contributed by atoms with E-state index in [0.29, 0.717) is 6.42 Å².